The van der Waals surface area contributed by atoms with Crippen molar-refractivity contribution in [3.63, 3.8) is 0 Å². The van der Waals surface area contributed by atoms with E-state index in [1.807, 2.05) is 0 Å². The van der Waals surface area contributed by atoms with Gasteiger partial charge >= 0.3 is 5.97 Å². The first-order valence-corrected chi connectivity index (χ1v) is 5.05. The standard InChI is InChI=1S/C10H13N3O3/c1-13(5-8-11-2-3-12-8)9(14)6-4-7(6)10(15)16/h2-3,6-7H,4-5H2,1H3,(H,11,12)(H,15,16). The van der Waals surface area contributed by atoms with Gasteiger partial charge in [-0.2, -0.15) is 0 Å². The molecule has 2 atom stereocenters. The Labute approximate surface area is 92.3 Å². The topological polar surface area (TPSA) is 86.3 Å². The van der Waals surface area contributed by atoms with Crippen molar-refractivity contribution in [1.29, 1.82) is 0 Å². The number of hydrogen-bond donors (Lipinski definition) is 2. The van der Waals surface area contributed by atoms with Crippen LogP contribution in [0.2, 0.25) is 0 Å². The molecule has 1 amide bonds. The molecule has 0 aromatic carbocycles. The Bertz CT molecular complexity index is 401. The molecular formula is C10H13N3O3. The average Bonchev–Trinajstić information content (AvgIpc) is 2.89. The number of amides is 1. The monoisotopic (exact) mass is 223 g/mol. The van der Waals surface area contributed by atoms with Crippen molar-refractivity contribution in [1.82, 2.24) is 14.9 Å². The number of carbonyl (C=O) groups excluding carboxylic acids is 1. The average molecular weight is 223 g/mol. The largest absolute Gasteiger partial charge is 0.481 e. The third-order valence-electron chi connectivity index (χ3n) is 2.74. The summed E-state index contributed by atoms with van der Waals surface area (Å²) >= 11 is 0. The molecule has 1 aliphatic carbocycles. The van der Waals surface area contributed by atoms with Crippen LogP contribution in [-0.4, -0.2) is 38.9 Å². The molecule has 6 heteroatoms. The molecule has 0 bridgehead atoms. The Morgan fingerprint density at radius 1 is 1.62 bits per heavy atom. The minimum absolute atomic E-state index is 0.121. The Balaban J connectivity index is 1.89. The highest BCUT2D eigenvalue weighted by Gasteiger charge is 2.49. The number of carboxylic acids is 1. The number of imidazole rings is 1. The Hall–Kier alpha value is -1.85. The quantitative estimate of drug-likeness (QED) is 0.757. The van der Waals surface area contributed by atoms with Crippen molar-refractivity contribution >= 4 is 11.9 Å². The normalized spacial score (nSPS) is 22.8. The molecule has 16 heavy (non-hydrogen) atoms. The van der Waals surface area contributed by atoms with Crippen LogP contribution in [0, 0.1) is 11.8 Å². The van der Waals surface area contributed by atoms with E-state index in [0.717, 1.165) is 0 Å². The number of aromatic nitrogens is 2. The predicted molar refractivity (Wildman–Crippen MR) is 54.3 cm³/mol. The lowest BCUT2D eigenvalue weighted by Crippen LogP contribution is -2.29. The van der Waals surface area contributed by atoms with Crippen molar-refractivity contribution in [2.24, 2.45) is 11.8 Å². The van der Waals surface area contributed by atoms with Gasteiger partial charge in [-0.05, 0) is 6.42 Å². The molecule has 0 spiro atoms. The molecule has 1 aliphatic rings. The summed E-state index contributed by atoms with van der Waals surface area (Å²) < 4.78 is 0. The molecule has 2 N–H and O–H groups in total. The van der Waals surface area contributed by atoms with Crippen LogP contribution >= 0.6 is 0 Å². The number of rotatable bonds is 4. The first kappa shape index (κ1) is 10.7. The second-order valence-corrected chi connectivity index (χ2v) is 4.02. The van der Waals surface area contributed by atoms with Crippen LogP contribution in [-0.2, 0) is 16.1 Å². The minimum Gasteiger partial charge on any atom is -0.481 e. The van der Waals surface area contributed by atoms with E-state index in [-0.39, 0.29) is 11.8 Å². The van der Waals surface area contributed by atoms with Gasteiger partial charge in [0.15, 0.2) is 0 Å². The Morgan fingerprint density at radius 3 is 2.88 bits per heavy atom. The molecule has 1 fully saturated rings. The number of aliphatic carboxylic acids is 1. The summed E-state index contributed by atoms with van der Waals surface area (Å²) in [5.41, 5.74) is 0. The molecule has 86 valence electrons. The summed E-state index contributed by atoms with van der Waals surface area (Å²) in [6.45, 7) is 0.384. The van der Waals surface area contributed by atoms with Gasteiger partial charge in [0.1, 0.15) is 5.82 Å². The zero-order chi connectivity index (χ0) is 11.7. The fraction of sp³-hybridized carbons (Fsp3) is 0.500. The zero-order valence-electron chi connectivity index (χ0n) is 8.88. The van der Waals surface area contributed by atoms with Crippen molar-refractivity contribution in [3.05, 3.63) is 18.2 Å². The van der Waals surface area contributed by atoms with Gasteiger partial charge in [-0.15, -0.1) is 0 Å². The molecule has 2 rings (SSSR count). The van der Waals surface area contributed by atoms with Crippen LogP contribution in [0.4, 0.5) is 0 Å². The summed E-state index contributed by atoms with van der Waals surface area (Å²) in [6.07, 6.45) is 3.76. The minimum atomic E-state index is -0.884. The lowest BCUT2D eigenvalue weighted by Gasteiger charge is -2.15. The van der Waals surface area contributed by atoms with Crippen molar-refractivity contribution in [3.8, 4) is 0 Å². The highest BCUT2D eigenvalue weighted by Crippen LogP contribution is 2.39. The van der Waals surface area contributed by atoms with E-state index in [4.69, 9.17) is 5.11 Å². The van der Waals surface area contributed by atoms with Crippen LogP contribution in [0.25, 0.3) is 0 Å². The molecule has 6 nitrogen and oxygen atoms in total. The number of nitrogens with zero attached hydrogens (tertiary/aromatic N) is 2. The van der Waals surface area contributed by atoms with Gasteiger partial charge in [-0.3, -0.25) is 9.59 Å². The van der Waals surface area contributed by atoms with Crippen LogP contribution in [0.1, 0.15) is 12.2 Å². The molecular weight excluding hydrogens is 210 g/mol. The first-order valence-electron chi connectivity index (χ1n) is 5.05. The Kier molecular flexibility index (Phi) is 2.64. The molecule has 0 saturated heterocycles. The molecule has 1 heterocycles. The summed E-state index contributed by atoms with van der Waals surface area (Å²) in [5.74, 6) is -1.15. The SMILES string of the molecule is CN(Cc1ncc[nH]1)C(=O)C1CC1C(=O)O. The predicted octanol–water partition coefficient (Wildman–Crippen LogP) is 0.0888. The smallest absolute Gasteiger partial charge is 0.307 e. The summed E-state index contributed by atoms with van der Waals surface area (Å²) in [4.78, 5) is 30.8. The van der Waals surface area contributed by atoms with Crippen molar-refractivity contribution < 1.29 is 14.7 Å². The maximum Gasteiger partial charge on any atom is 0.307 e. The van der Waals surface area contributed by atoms with Crippen LogP contribution in [0.15, 0.2) is 12.4 Å². The molecule has 2 unspecified atom stereocenters. The third kappa shape index (κ3) is 2.05. The van der Waals surface area contributed by atoms with E-state index >= 15 is 0 Å². The highest BCUT2D eigenvalue weighted by atomic mass is 16.4. The summed E-state index contributed by atoms with van der Waals surface area (Å²) in [7, 11) is 1.65. The maximum atomic E-state index is 11.8. The summed E-state index contributed by atoms with van der Waals surface area (Å²) in [5, 5.41) is 8.72. The van der Waals surface area contributed by atoms with E-state index < -0.39 is 11.9 Å². The number of hydrogen-bond acceptors (Lipinski definition) is 3. The molecule has 1 aromatic heterocycles. The number of carboxylic acid groups (broad SMARTS) is 1. The second-order valence-electron chi connectivity index (χ2n) is 4.02. The van der Waals surface area contributed by atoms with E-state index in [2.05, 4.69) is 9.97 Å². The lowest BCUT2D eigenvalue weighted by atomic mass is 10.3. The van der Waals surface area contributed by atoms with Gasteiger partial charge in [-0.25, -0.2) is 4.98 Å². The van der Waals surface area contributed by atoms with E-state index in [0.29, 0.717) is 18.8 Å². The van der Waals surface area contributed by atoms with Gasteiger partial charge in [0, 0.05) is 19.4 Å². The number of H-pyrrole nitrogens is 1. The molecule has 1 saturated carbocycles. The molecule has 0 aliphatic heterocycles. The highest BCUT2D eigenvalue weighted by molar-refractivity contribution is 5.89. The maximum absolute atomic E-state index is 11.8. The van der Waals surface area contributed by atoms with Gasteiger partial charge in [-0.1, -0.05) is 0 Å². The van der Waals surface area contributed by atoms with Crippen molar-refractivity contribution in [2.45, 2.75) is 13.0 Å². The van der Waals surface area contributed by atoms with Gasteiger partial charge in [0.2, 0.25) is 5.91 Å². The van der Waals surface area contributed by atoms with Crippen molar-refractivity contribution in [2.75, 3.05) is 7.05 Å². The molecule has 1 aromatic rings. The van der Waals surface area contributed by atoms with Gasteiger partial charge < -0.3 is 15.0 Å². The fourth-order valence-electron chi connectivity index (χ4n) is 1.71. The third-order valence-corrected chi connectivity index (χ3v) is 2.74. The first-order chi connectivity index (χ1) is 7.59. The fourth-order valence-corrected chi connectivity index (χ4v) is 1.71. The second kappa shape index (κ2) is 3.96. The van der Waals surface area contributed by atoms with Gasteiger partial charge in [0.25, 0.3) is 0 Å². The molecule has 0 radical (unpaired) electrons. The zero-order valence-corrected chi connectivity index (χ0v) is 8.88. The Morgan fingerprint density at radius 2 is 2.38 bits per heavy atom. The number of carbonyl (C=O) groups is 2. The van der Waals surface area contributed by atoms with Crippen LogP contribution < -0.4 is 0 Å². The lowest BCUT2D eigenvalue weighted by molar-refractivity contribution is -0.141. The number of aromatic amines is 1. The van der Waals surface area contributed by atoms with Crippen LogP contribution in [0.5, 0.6) is 0 Å². The van der Waals surface area contributed by atoms with E-state index in [9.17, 15) is 9.59 Å². The van der Waals surface area contributed by atoms with E-state index in [1.165, 1.54) is 4.90 Å². The van der Waals surface area contributed by atoms with Crippen LogP contribution in [0.3, 0.4) is 0 Å². The number of nitrogens with one attached hydrogen (secondary N) is 1. The van der Waals surface area contributed by atoms with Gasteiger partial charge in [0.05, 0.1) is 18.4 Å². The summed E-state index contributed by atoms with van der Waals surface area (Å²) in [6, 6.07) is 0. The van der Waals surface area contributed by atoms with E-state index in [1.54, 1.807) is 19.4 Å².